The predicted molar refractivity (Wildman–Crippen MR) is 87.8 cm³/mol. The number of rotatable bonds is 5. The number of halogens is 3. The van der Waals surface area contributed by atoms with Gasteiger partial charge in [-0.25, -0.2) is 9.97 Å². The van der Waals surface area contributed by atoms with E-state index in [4.69, 9.17) is 4.74 Å². The molecule has 0 spiro atoms. The fourth-order valence-corrected chi connectivity index (χ4v) is 3.53. The molecule has 0 bridgehead atoms. The van der Waals surface area contributed by atoms with Gasteiger partial charge in [0.25, 0.3) is 0 Å². The van der Waals surface area contributed by atoms with Gasteiger partial charge in [-0.15, -0.1) is 0 Å². The molecule has 1 unspecified atom stereocenters. The fourth-order valence-electron chi connectivity index (χ4n) is 3.53. The van der Waals surface area contributed by atoms with Gasteiger partial charge in [-0.2, -0.15) is 13.2 Å². The molecule has 0 aliphatic carbocycles. The largest absolute Gasteiger partial charge is 0.481 e. The van der Waals surface area contributed by atoms with E-state index in [0.717, 1.165) is 17.7 Å². The number of nitrogens with one attached hydrogen (secondary N) is 1. The average molecular weight is 373 g/mol. The second kappa shape index (κ2) is 7.65. The monoisotopic (exact) mass is 373 g/mol. The van der Waals surface area contributed by atoms with Crippen molar-refractivity contribution >= 4 is 11.7 Å². The molecular weight excluding hydrogens is 351 g/mol. The highest BCUT2D eigenvalue weighted by molar-refractivity contribution is 5.84. The average Bonchev–Trinajstić information content (AvgIpc) is 2.95. The highest BCUT2D eigenvalue weighted by Gasteiger charge is 2.42. The van der Waals surface area contributed by atoms with Crippen molar-refractivity contribution < 1.29 is 22.7 Å². The highest BCUT2D eigenvalue weighted by Crippen LogP contribution is 2.26. The summed E-state index contributed by atoms with van der Waals surface area (Å²) < 4.78 is 42.6. The summed E-state index contributed by atoms with van der Waals surface area (Å²) >= 11 is 0. The summed E-state index contributed by atoms with van der Waals surface area (Å²) in [4.78, 5) is 23.3. The summed E-state index contributed by atoms with van der Waals surface area (Å²) in [5.74, 6) is 0.735. The molecule has 1 amide bonds. The molecule has 10 heteroatoms. The van der Waals surface area contributed by atoms with Crippen molar-refractivity contribution in [3.63, 3.8) is 0 Å². The van der Waals surface area contributed by atoms with Crippen LogP contribution in [0.1, 0.15) is 19.3 Å². The lowest BCUT2D eigenvalue weighted by Crippen LogP contribution is -2.48. The maximum absolute atomic E-state index is 12.5. The molecule has 3 rings (SSSR count). The van der Waals surface area contributed by atoms with Gasteiger partial charge >= 0.3 is 6.18 Å². The Kier molecular flexibility index (Phi) is 5.49. The zero-order valence-corrected chi connectivity index (χ0v) is 14.5. The van der Waals surface area contributed by atoms with Crippen molar-refractivity contribution in [1.29, 1.82) is 0 Å². The maximum atomic E-state index is 12.5. The second-order valence-electron chi connectivity index (χ2n) is 6.58. The van der Waals surface area contributed by atoms with Crippen LogP contribution in [0.15, 0.2) is 12.4 Å². The van der Waals surface area contributed by atoms with Gasteiger partial charge < -0.3 is 15.0 Å². The third kappa shape index (κ3) is 4.54. The van der Waals surface area contributed by atoms with Crippen molar-refractivity contribution in [1.82, 2.24) is 19.8 Å². The molecule has 2 saturated heterocycles. The minimum absolute atomic E-state index is 0.169. The van der Waals surface area contributed by atoms with Crippen LogP contribution in [0.4, 0.5) is 19.0 Å². The minimum atomic E-state index is -4.35. The third-order valence-corrected chi connectivity index (χ3v) is 4.81. The number of alkyl halides is 3. The van der Waals surface area contributed by atoms with Crippen LogP contribution < -0.4 is 10.1 Å². The molecule has 2 fully saturated rings. The molecule has 2 aliphatic rings. The lowest BCUT2D eigenvalue weighted by molar-refractivity contribution is -0.159. The summed E-state index contributed by atoms with van der Waals surface area (Å²) in [6, 6.07) is 1.47. The number of likely N-dealkylation sites (tertiary alicyclic amines) is 2. The lowest BCUT2D eigenvalue weighted by atomic mass is 10.0. The Balaban J connectivity index is 1.50. The van der Waals surface area contributed by atoms with Crippen LogP contribution in [0.2, 0.25) is 0 Å². The maximum Gasteiger partial charge on any atom is 0.406 e. The fraction of sp³-hybridized carbons (Fsp3) is 0.688. The van der Waals surface area contributed by atoms with Crippen molar-refractivity contribution in [2.75, 3.05) is 38.6 Å². The van der Waals surface area contributed by atoms with Gasteiger partial charge in [-0.3, -0.25) is 9.69 Å². The Morgan fingerprint density at radius 3 is 2.62 bits per heavy atom. The van der Waals surface area contributed by atoms with E-state index in [1.807, 2.05) is 4.90 Å². The van der Waals surface area contributed by atoms with E-state index < -0.39 is 24.7 Å². The molecule has 3 heterocycles. The molecule has 144 valence electrons. The predicted octanol–water partition coefficient (Wildman–Crippen LogP) is 1.52. The number of hydrogen-bond donors (Lipinski definition) is 1. The van der Waals surface area contributed by atoms with E-state index in [1.165, 1.54) is 13.4 Å². The van der Waals surface area contributed by atoms with Crippen LogP contribution in [0, 0.1) is 0 Å². The number of piperidine rings is 1. The SMILES string of the molecule is COc1cc(NC2CCN(C3CCN(CC(F)(F)F)C3=O)CC2)ncn1. The van der Waals surface area contributed by atoms with Crippen LogP contribution in [0.25, 0.3) is 0 Å². The number of hydrogen-bond acceptors (Lipinski definition) is 6. The number of anilines is 1. The van der Waals surface area contributed by atoms with Crippen molar-refractivity contribution in [2.45, 2.75) is 37.5 Å². The quantitative estimate of drug-likeness (QED) is 0.844. The van der Waals surface area contributed by atoms with Gasteiger partial charge in [0.15, 0.2) is 0 Å². The number of methoxy groups -OCH3 is 1. The molecule has 2 aliphatic heterocycles. The third-order valence-electron chi connectivity index (χ3n) is 4.81. The first-order chi connectivity index (χ1) is 12.4. The number of carbonyl (C=O) groups excluding carboxylic acids is 1. The lowest BCUT2D eigenvalue weighted by Gasteiger charge is -2.35. The number of nitrogens with zero attached hydrogens (tertiary/aromatic N) is 4. The summed E-state index contributed by atoms with van der Waals surface area (Å²) in [6.07, 6.45) is -0.899. The molecule has 7 nitrogen and oxygen atoms in total. The number of amides is 1. The van der Waals surface area contributed by atoms with Crippen LogP contribution in [-0.2, 0) is 4.79 Å². The highest BCUT2D eigenvalue weighted by atomic mass is 19.4. The summed E-state index contributed by atoms with van der Waals surface area (Å²) in [7, 11) is 1.53. The van der Waals surface area contributed by atoms with Gasteiger partial charge in [0.2, 0.25) is 11.8 Å². The van der Waals surface area contributed by atoms with E-state index >= 15 is 0 Å². The Morgan fingerprint density at radius 1 is 1.23 bits per heavy atom. The van der Waals surface area contributed by atoms with Crippen LogP contribution in [0.3, 0.4) is 0 Å². The normalized spacial score (nSPS) is 22.7. The smallest absolute Gasteiger partial charge is 0.406 e. The molecule has 1 aromatic rings. The second-order valence-corrected chi connectivity index (χ2v) is 6.58. The Bertz CT molecular complexity index is 635. The van der Waals surface area contributed by atoms with Crippen molar-refractivity contribution in [3.8, 4) is 5.88 Å². The minimum Gasteiger partial charge on any atom is -0.481 e. The number of aromatic nitrogens is 2. The van der Waals surface area contributed by atoms with Gasteiger partial charge in [0.1, 0.15) is 18.7 Å². The standard InChI is InChI=1S/C16H22F3N5O2/c1-26-14-8-13(20-10-21-14)22-11-2-5-23(6-3-11)12-4-7-24(15(12)25)9-16(17,18)19/h8,10-12H,2-7,9H2,1H3,(H,20,21,22). The van der Waals surface area contributed by atoms with Crippen LogP contribution >= 0.6 is 0 Å². The van der Waals surface area contributed by atoms with Crippen LogP contribution in [0.5, 0.6) is 5.88 Å². The van der Waals surface area contributed by atoms with Crippen molar-refractivity contribution in [2.24, 2.45) is 0 Å². The molecule has 1 N–H and O–H groups in total. The van der Waals surface area contributed by atoms with Crippen molar-refractivity contribution in [3.05, 3.63) is 12.4 Å². The van der Waals surface area contributed by atoms with Gasteiger partial charge in [0, 0.05) is 31.7 Å². The Morgan fingerprint density at radius 2 is 1.96 bits per heavy atom. The van der Waals surface area contributed by atoms with Crippen LogP contribution in [-0.4, -0.2) is 77.2 Å². The van der Waals surface area contributed by atoms with E-state index in [9.17, 15) is 18.0 Å². The summed E-state index contributed by atoms with van der Waals surface area (Å²) in [5.41, 5.74) is 0. The zero-order valence-electron chi connectivity index (χ0n) is 14.5. The molecular formula is C16H22F3N5O2. The Labute approximate surface area is 149 Å². The molecule has 0 radical (unpaired) electrons. The molecule has 1 atom stereocenters. The first kappa shape index (κ1) is 18.7. The molecule has 0 saturated carbocycles. The Hall–Kier alpha value is -2.10. The van der Waals surface area contributed by atoms with Gasteiger partial charge in [-0.05, 0) is 19.3 Å². The first-order valence-electron chi connectivity index (χ1n) is 8.58. The molecule has 1 aromatic heterocycles. The first-order valence-corrected chi connectivity index (χ1v) is 8.58. The van der Waals surface area contributed by atoms with E-state index in [2.05, 4.69) is 15.3 Å². The zero-order chi connectivity index (χ0) is 18.7. The molecule has 0 aromatic carbocycles. The summed E-state index contributed by atoms with van der Waals surface area (Å²) in [6.45, 7) is 0.337. The van der Waals surface area contributed by atoms with E-state index in [-0.39, 0.29) is 12.6 Å². The topological polar surface area (TPSA) is 70.6 Å². The molecule has 26 heavy (non-hydrogen) atoms. The summed E-state index contributed by atoms with van der Waals surface area (Å²) in [5, 5.41) is 3.32. The number of ether oxygens (including phenoxy) is 1. The van der Waals surface area contributed by atoms with E-state index in [1.54, 1.807) is 6.07 Å². The van der Waals surface area contributed by atoms with E-state index in [0.29, 0.717) is 31.2 Å². The van der Waals surface area contributed by atoms with Gasteiger partial charge in [0.05, 0.1) is 13.2 Å². The van der Waals surface area contributed by atoms with Gasteiger partial charge in [-0.1, -0.05) is 0 Å². The number of carbonyl (C=O) groups is 1.